The van der Waals surface area contributed by atoms with Gasteiger partial charge >= 0.3 is 0 Å². The van der Waals surface area contributed by atoms with Crippen LogP contribution in [0, 0.1) is 0 Å². The molecule has 1 aromatic heterocycles. The highest BCUT2D eigenvalue weighted by Crippen LogP contribution is 2.20. The lowest BCUT2D eigenvalue weighted by Crippen LogP contribution is -2.13. The van der Waals surface area contributed by atoms with Gasteiger partial charge in [-0.3, -0.25) is 14.7 Å². The molecule has 0 atom stereocenters. The molecule has 5 nitrogen and oxygen atoms in total. The summed E-state index contributed by atoms with van der Waals surface area (Å²) in [5.41, 5.74) is 3.14. The molecule has 0 radical (unpaired) electrons. The molecule has 3 rings (SSSR count). The number of carbonyl (C=O) groups excluding carboxylic acids is 2. The van der Waals surface area contributed by atoms with Gasteiger partial charge < -0.3 is 5.32 Å². The molecule has 0 bridgehead atoms. The molecular weight excluding hydrogens is 302 g/mol. The summed E-state index contributed by atoms with van der Waals surface area (Å²) >= 11 is 0. The van der Waals surface area contributed by atoms with E-state index in [-0.39, 0.29) is 24.5 Å². The monoisotopic (exact) mass is 319 g/mol. The summed E-state index contributed by atoms with van der Waals surface area (Å²) in [5.74, 6) is -0.210. The number of Topliss-reactive ketones (excluding diaryl/α,β-unsaturated/α-hetero) is 1. The van der Waals surface area contributed by atoms with Crippen LogP contribution >= 0.6 is 0 Å². The van der Waals surface area contributed by atoms with Crippen molar-refractivity contribution < 1.29 is 9.59 Å². The number of nitrogens with one attached hydrogen (secondary N) is 2. The smallest absolute Gasteiger partial charge is 0.224 e. The van der Waals surface area contributed by atoms with Gasteiger partial charge in [-0.05, 0) is 18.2 Å². The minimum Gasteiger partial charge on any atom is -0.326 e. The van der Waals surface area contributed by atoms with Crippen LogP contribution in [0.4, 0.5) is 5.69 Å². The Bertz CT molecular complexity index is 827. The molecule has 1 heterocycles. The third kappa shape index (κ3) is 3.95. The van der Waals surface area contributed by atoms with E-state index in [1.807, 2.05) is 48.5 Å². The molecule has 0 spiro atoms. The number of rotatable bonds is 6. The van der Waals surface area contributed by atoms with E-state index in [2.05, 4.69) is 15.5 Å². The van der Waals surface area contributed by atoms with Crippen molar-refractivity contribution in [2.24, 2.45) is 0 Å². The second kappa shape index (κ2) is 7.37. The summed E-state index contributed by atoms with van der Waals surface area (Å²) in [6.07, 6.45) is 2.02. The first-order valence-electron chi connectivity index (χ1n) is 7.70. The number of nitrogens with zero attached hydrogens (tertiary/aromatic N) is 1. The number of H-pyrrole nitrogens is 1. The van der Waals surface area contributed by atoms with E-state index in [1.165, 1.54) is 0 Å². The van der Waals surface area contributed by atoms with Crippen molar-refractivity contribution in [3.63, 3.8) is 0 Å². The van der Waals surface area contributed by atoms with E-state index < -0.39 is 0 Å². The first-order chi connectivity index (χ1) is 11.7. The fourth-order valence-electron chi connectivity index (χ4n) is 2.40. The molecule has 0 aliphatic heterocycles. The molecule has 0 saturated carbocycles. The zero-order valence-corrected chi connectivity index (χ0v) is 13.0. The molecule has 2 N–H and O–H groups in total. The van der Waals surface area contributed by atoms with Crippen molar-refractivity contribution >= 4 is 17.4 Å². The number of aromatic amines is 1. The standard InChI is InChI=1S/C19H17N3O2/c23-18(14-5-2-1-3-6-14)9-10-19(24)21-16-8-4-7-15(13-16)17-11-12-20-22-17/h1-8,11-13H,9-10H2,(H,20,22)(H,21,24). The van der Waals surface area contributed by atoms with Crippen molar-refractivity contribution in [1.82, 2.24) is 10.2 Å². The van der Waals surface area contributed by atoms with Gasteiger partial charge in [0.05, 0.1) is 5.69 Å². The Morgan fingerprint density at radius 2 is 1.79 bits per heavy atom. The van der Waals surface area contributed by atoms with Crippen LogP contribution in [0.2, 0.25) is 0 Å². The SMILES string of the molecule is O=C(CCC(=O)c1ccccc1)Nc1cccc(-c2ccn[nH]2)c1. The van der Waals surface area contributed by atoms with Crippen LogP contribution in [0.15, 0.2) is 66.9 Å². The molecule has 0 aliphatic rings. The lowest BCUT2D eigenvalue weighted by molar-refractivity contribution is -0.116. The number of amides is 1. The number of anilines is 1. The molecule has 3 aromatic rings. The highest BCUT2D eigenvalue weighted by Gasteiger charge is 2.09. The lowest BCUT2D eigenvalue weighted by Gasteiger charge is -2.07. The van der Waals surface area contributed by atoms with Crippen molar-refractivity contribution in [2.75, 3.05) is 5.32 Å². The Morgan fingerprint density at radius 1 is 0.958 bits per heavy atom. The summed E-state index contributed by atoms with van der Waals surface area (Å²) in [6, 6.07) is 18.3. The van der Waals surface area contributed by atoms with Gasteiger partial charge in [-0.15, -0.1) is 0 Å². The minimum atomic E-state index is -0.180. The number of hydrogen-bond donors (Lipinski definition) is 2. The molecule has 2 aromatic carbocycles. The molecular formula is C19H17N3O2. The number of carbonyl (C=O) groups is 2. The first kappa shape index (κ1) is 15.7. The largest absolute Gasteiger partial charge is 0.326 e. The van der Waals surface area contributed by atoms with Crippen LogP contribution in [0.25, 0.3) is 11.3 Å². The Hall–Kier alpha value is -3.21. The summed E-state index contributed by atoms with van der Waals surface area (Å²) < 4.78 is 0. The Morgan fingerprint density at radius 3 is 2.54 bits per heavy atom. The number of benzene rings is 2. The van der Waals surface area contributed by atoms with E-state index in [0.29, 0.717) is 11.3 Å². The fraction of sp³-hybridized carbons (Fsp3) is 0.105. The van der Waals surface area contributed by atoms with E-state index >= 15 is 0 Å². The van der Waals surface area contributed by atoms with Gasteiger partial charge in [0.2, 0.25) is 5.91 Å². The van der Waals surface area contributed by atoms with Crippen LogP contribution in [-0.2, 0) is 4.79 Å². The number of aromatic nitrogens is 2. The third-order valence-corrected chi connectivity index (χ3v) is 3.63. The average Bonchev–Trinajstić information content (AvgIpc) is 3.15. The first-order valence-corrected chi connectivity index (χ1v) is 7.70. The maximum absolute atomic E-state index is 12.1. The molecule has 0 aliphatic carbocycles. The predicted molar refractivity (Wildman–Crippen MR) is 92.7 cm³/mol. The van der Waals surface area contributed by atoms with Crippen LogP contribution in [0.3, 0.4) is 0 Å². The number of hydrogen-bond acceptors (Lipinski definition) is 3. The Balaban J connectivity index is 1.57. The number of ketones is 1. The molecule has 5 heteroatoms. The van der Waals surface area contributed by atoms with E-state index in [0.717, 1.165) is 11.3 Å². The molecule has 24 heavy (non-hydrogen) atoms. The highest BCUT2D eigenvalue weighted by atomic mass is 16.2. The topological polar surface area (TPSA) is 74.8 Å². The summed E-state index contributed by atoms with van der Waals surface area (Å²) in [7, 11) is 0. The highest BCUT2D eigenvalue weighted by molar-refractivity contribution is 6.00. The summed E-state index contributed by atoms with van der Waals surface area (Å²) in [4.78, 5) is 24.1. The maximum atomic E-state index is 12.1. The van der Waals surface area contributed by atoms with E-state index in [4.69, 9.17) is 0 Å². The van der Waals surface area contributed by atoms with Crippen molar-refractivity contribution in [3.05, 3.63) is 72.4 Å². The van der Waals surface area contributed by atoms with E-state index in [9.17, 15) is 9.59 Å². The van der Waals surface area contributed by atoms with Crippen LogP contribution in [0.1, 0.15) is 23.2 Å². The van der Waals surface area contributed by atoms with Gasteiger partial charge in [-0.1, -0.05) is 42.5 Å². The quantitative estimate of drug-likeness (QED) is 0.681. The van der Waals surface area contributed by atoms with Gasteiger partial charge in [-0.2, -0.15) is 5.10 Å². The zero-order valence-electron chi connectivity index (χ0n) is 13.0. The average molecular weight is 319 g/mol. The van der Waals surface area contributed by atoms with Crippen molar-refractivity contribution in [3.8, 4) is 11.3 Å². The Labute approximate surface area is 139 Å². The lowest BCUT2D eigenvalue weighted by atomic mass is 10.1. The summed E-state index contributed by atoms with van der Waals surface area (Å²) in [5, 5.41) is 9.63. The van der Waals surface area contributed by atoms with Crippen LogP contribution in [0.5, 0.6) is 0 Å². The normalized spacial score (nSPS) is 10.3. The molecule has 120 valence electrons. The van der Waals surface area contributed by atoms with Gasteiger partial charge in [0.15, 0.2) is 5.78 Å². The van der Waals surface area contributed by atoms with Crippen LogP contribution in [-0.4, -0.2) is 21.9 Å². The van der Waals surface area contributed by atoms with Gasteiger partial charge in [-0.25, -0.2) is 0 Å². The van der Waals surface area contributed by atoms with Crippen molar-refractivity contribution in [1.29, 1.82) is 0 Å². The van der Waals surface area contributed by atoms with Gasteiger partial charge in [0.25, 0.3) is 0 Å². The fourth-order valence-corrected chi connectivity index (χ4v) is 2.40. The summed E-state index contributed by atoms with van der Waals surface area (Å²) in [6.45, 7) is 0. The molecule has 1 amide bonds. The van der Waals surface area contributed by atoms with Crippen molar-refractivity contribution in [2.45, 2.75) is 12.8 Å². The van der Waals surface area contributed by atoms with Crippen LogP contribution < -0.4 is 5.32 Å². The Kier molecular flexibility index (Phi) is 4.81. The third-order valence-electron chi connectivity index (χ3n) is 3.63. The second-order valence-corrected chi connectivity index (χ2v) is 5.39. The minimum absolute atomic E-state index is 0.0306. The molecule has 0 saturated heterocycles. The second-order valence-electron chi connectivity index (χ2n) is 5.39. The predicted octanol–water partition coefficient (Wildman–Crippen LogP) is 3.68. The van der Waals surface area contributed by atoms with Gasteiger partial charge in [0.1, 0.15) is 0 Å². The zero-order chi connectivity index (χ0) is 16.8. The van der Waals surface area contributed by atoms with Gasteiger partial charge in [0, 0.05) is 35.9 Å². The maximum Gasteiger partial charge on any atom is 0.224 e. The molecule has 0 unspecified atom stereocenters. The van der Waals surface area contributed by atoms with E-state index in [1.54, 1.807) is 18.3 Å². The molecule has 0 fully saturated rings.